The van der Waals surface area contributed by atoms with Gasteiger partial charge in [-0.3, -0.25) is 4.57 Å². The lowest BCUT2D eigenvalue weighted by Crippen LogP contribution is -2.22. The highest BCUT2D eigenvalue weighted by Gasteiger charge is 1.97. The fourth-order valence-corrected chi connectivity index (χ4v) is 1.78. The number of hydrogen-bond acceptors (Lipinski definition) is 2. The Morgan fingerprint density at radius 1 is 1.46 bits per heavy atom. The molecule has 0 saturated carbocycles. The van der Waals surface area contributed by atoms with Gasteiger partial charge in [-0.25, -0.2) is 4.79 Å². The van der Waals surface area contributed by atoms with E-state index in [1.165, 1.54) is 0 Å². The smallest absolute Gasteiger partial charge is 0.302 e. The van der Waals surface area contributed by atoms with Gasteiger partial charge < -0.3 is 4.57 Å². The second kappa shape index (κ2) is 5.17. The van der Waals surface area contributed by atoms with Crippen LogP contribution in [0.1, 0.15) is 13.3 Å². The first-order valence-electron chi connectivity index (χ1n) is 4.55. The van der Waals surface area contributed by atoms with Crippen molar-refractivity contribution in [2.75, 3.05) is 11.5 Å². The van der Waals surface area contributed by atoms with Crippen LogP contribution in [0.2, 0.25) is 0 Å². The van der Waals surface area contributed by atoms with Gasteiger partial charge >= 0.3 is 5.69 Å². The second-order valence-corrected chi connectivity index (χ2v) is 4.33. The van der Waals surface area contributed by atoms with Gasteiger partial charge in [0, 0.05) is 26.0 Å². The molecule has 4 heteroatoms. The quantitative estimate of drug-likeness (QED) is 0.670. The summed E-state index contributed by atoms with van der Waals surface area (Å²) in [6.07, 6.45) is 4.72. The Labute approximate surface area is 82.8 Å². The summed E-state index contributed by atoms with van der Waals surface area (Å²) in [5.74, 6) is 2.29. The maximum absolute atomic E-state index is 11.4. The van der Waals surface area contributed by atoms with E-state index in [9.17, 15) is 4.79 Å². The Balaban J connectivity index is 2.37. The van der Waals surface area contributed by atoms with Crippen LogP contribution in [0.5, 0.6) is 0 Å². The molecule has 0 unspecified atom stereocenters. The number of nitrogens with zero attached hydrogens (tertiary/aromatic N) is 2. The highest BCUT2D eigenvalue weighted by atomic mass is 32.2. The van der Waals surface area contributed by atoms with E-state index in [4.69, 9.17) is 0 Å². The van der Waals surface area contributed by atoms with Crippen LogP contribution in [-0.4, -0.2) is 20.6 Å². The van der Waals surface area contributed by atoms with Crippen LogP contribution >= 0.6 is 11.8 Å². The maximum atomic E-state index is 11.4. The van der Waals surface area contributed by atoms with Crippen molar-refractivity contribution in [2.24, 2.45) is 7.05 Å². The van der Waals surface area contributed by atoms with E-state index in [0.717, 1.165) is 24.5 Å². The minimum absolute atomic E-state index is 0.0847. The minimum Gasteiger partial charge on any atom is -0.302 e. The predicted octanol–water partition coefficient (Wildman–Crippen LogP) is 1.33. The van der Waals surface area contributed by atoms with Crippen molar-refractivity contribution in [1.29, 1.82) is 0 Å². The molecule has 74 valence electrons. The van der Waals surface area contributed by atoms with Crippen molar-refractivity contribution in [3.05, 3.63) is 22.9 Å². The van der Waals surface area contributed by atoms with Crippen LogP contribution in [-0.2, 0) is 13.6 Å². The molecule has 1 aromatic heterocycles. The molecule has 0 amide bonds. The van der Waals surface area contributed by atoms with Gasteiger partial charge in [0.1, 0.15) is 0 Å². The Kier molecular flexibility index (Phi) is 4.15. The molecule has 1 heterocycles. The van der Waals surface area contributed by atoms with E-state index < -0.39 is 0 Å². The summed E-state index contributed by atoms with van der Waals surface area (Å²) in [5, 5.41) is 0. The molecule has 1 rings (SSSR count). The van der Waals surface area contributed by atoms with E-state index in [1.54, 1.807) is 22.4 Å². The van der Waals surface area contributed by atoms with Crippen LogP contribution in [0.25, 0.3) is 0 Å². The summed E-state index contributed by atoms with van der Waals surface area (Å²) in [7, 11) is 1.78. The first kappa shape index (κ1) is 10.4. The molecule has 0 aliphatic carbocycles. The lowest BCUT2D eigenvalue weighted by atomic mass is 10.5. The topological polar surface area (TPSA) is 26.9 Å². The average Bonchev–Trinajstić information content (AvgIpc) is 2.43. The molecule has 0 bridgehead atoms. The van der Waals surface area contributed by atoms with Crippen molar-refractivity contribution in [3.63, 3.8) is 0 Å². The number of aryl methyl sites for hydroxylation is 2. The van der Waals surface area contributed by atoms with Gasteiger partial charge in [-0.1, -0.05) is 6.92 Å². The molecule has 0 saturated heterocycles. The van der Waals surface area contributed by atoms with Gasteiger partial charge in [-0.2, -0.15) is 11.8 Å². The van der Waals surface area contributed by atoms with Crippen molar-refractivity contribution < 1.29 is 0 Å². The fourth-order valence-electron chi connectivity index (χ4n) is 1.16. The average molecular weight is 200 g/mol. The number of imidazole rings is 1. The van der Waals surface area contributed by atoms with E-state index in [-0.39, 0.29) is 5.69 Å². The molecule has 13 heavy (non-hydrogen) atoms. The van der Waals surface area contributed by atoms with Crippen molar-refractivity contribution in [1.82, 2.24) is 9.13 Å². The highest BCUT2D eigenvalue weighted by Crippen LogP contribution is 2.01. The Morgan fingerprint density at radius 2 is 2.23 bits per heavy atom. The van der Waals surface area contributed by atoms with Crippen LogP contribution in [0.4, 0.5) is 0 Å². The maximum Gasteiger partial charge on any atom is 0.327 e. The Bertz CT molecular complexity index is 303. The Hall–Kier alpha value is -0.640. The fraction of sp³-hybridized carbons (Fsp3) is 0.667. The number of aromatic nitrogens is 2. The van der Waals surface area contributed by atoms with E-state index >= 15 is 0 Å². The van der Waals surface area contributed by atoms with E-state index in [1.807, 2.05) is 18.0 Å². The van der Waals surface area contributed by atoms with E-state index in [0.29, 0.717) is 0 Å². The van der Waals surface area contributed by atoms with Crippen LogP contribution in [0.15, 0.2) is 17.2 Å². The van der Waals surface area contributed by atoms with Gasteiger partial charge in [0.15, 0.2) is 0 Å². The molecule has 0 aliphatic rings. The molecule has 0 spiro atoms. The van der Waals surface area contributed by atoms with Crippen molar-refractivity contribution in [2.45, 2.75) is 19.9 Å². The third kappa shape index (κ3) is 2.95. The zero-order valence-corrected chi connectivity index (χ0v) is 9.01. The largest absolute Gasteiger partial charge is 0.327 e. The van der Waals surface area contributed by atoms with Gasteiger partial charge in [-0.15, -0.1) is 0 Å². The summed E-state index contributed by atoms with van der Waals surface area (Å²) in [4.78, 5) is 11.4. The van der Waals surface area contributed by atoms with Crippen molar-refractivity contribution in [3.8, 4) is 0 Å². The molecule has 0 radical (unpaired) electrons. The summed E-state index contributed by atoms with van der Waals surface area (Å²) in [5.41, 5.74) is 0.0847. The monoisotopic (exact) mass is 200 g/mol. The number of rotatable bonds is 5. The molecule has 0 aromatic carbocycles. The molecule has 3 nitrogen and oxygen atoms in total. The van der Waals surface area contributed by atoms with Crippen LogP contribution in [0, 0.1) is 0 Å². The molecule has 0 atom stereocenters. The standard InChI is InChI=1S/C9H16N2OS/c1-3-13-8-4-5-11-7-6-10(2)9(11)12/h6-7H,3-5,8H2,1-2H3. The van der Waals surface area contributed by atoms with Gasteiger partial charge in [0.25, 0.3) is 0 Å². The van der Waals surface area contributed by atoms with Gasteiger partial charge in [0.05, 0.1) is 0 Å². The molecule has 0 N–H and O–H groups in total. The summed E-state index contributed by atoms with van der Waals surface area (Å²) >= 11 is 1.92. The summed E-state index contributed by atoms with van der Waals surface area (Å²) < 4.78 is 3.36. The van der Waals surface area contributed by atoms with Gasteiger partial charge in [0.2, 0.25) is 0 Å². The second-order valence-electron chi connectivity index (χ2n) is 2.94. The zero-order chi connectivity index (χ0) is 9.68. The highest BCUT2D eigenvalue weighted by molar-refractivity contribution is 7.99. The van der Waals surface area contributed by atoms with Crippen LogP contribution < -0.4 is 5.69 Å². The van der Waals surface area contributed by atoms with E-state index in [2.05, 4.69) is 6.92 Å². The lowest BCUT2D eigenvalue weighted by Gasteiger charge is -1.99. The SMILES string of the molecule is CCSCCCn1ccn(C)c1=O. The molecule has 0 fully saturated rings. The Morgan fingerprint density at radius 3 is 2.77 bits per heavy atom. The third-order valence-corrected chi connectivity index (χ3v) is 2.90. The first-order valence-corrected chi connectivity index (χ1v) is 5.70. The molecular weight excluding hydrogens is 184 g/mol. The molecular formula is C9H16N2OS. The minimum atomic E-state index is 0.0847. The summed E-state index contributed by atoms with van der Waals surface area (Å²) in [6.45, 7) is 2.99. The molecule has 0 aliphatic heterocycles. The zero-order valence-electron chi connectivity index (χ0n) is 8.19. The molecule has 1 aromatic rings. The number of thioether (sulfide) groups is 1. The lowest BCUT2D eigenvalue weighted by molar-refractivity contribution is 0.640. The van der Waals surface area contributed by atoms with Crippen molar-refractivity contribution >= 4 is 11.8 Å². The van der Waals surface area contributed by atoms with Crippen LogP contribution in [0.3, 0.4) is 0 Å². The summed E-state index contributed by atoms with van der Waals surface area (Å²) in [6, 6.07) is 0. The normalized spacial score (nSPS) is 10.6. The third-order valence-electron chi connectivity index (χ3n) is 1.91. The number of hydrogen-bond donors (Lipinski definition) is 0. The van der Waals surface area contributed by atoms with Gasteiger partial charge in [-0.05, 0) is 17.9 Å². The predicted molar refractivity (Wildman–Crippen MR) is 57.3 cm³/mol. The first-order chi connectivity index (χ1) is 6.25.